The minimum atomic E-state index is -1.06. The summed E-state index contributed by atoms with van der Waals surface area (Å²) in [6.07, 6.45) is 0.759. The topological polar surface area (TPSA) is 58.6 Å². The first-order valence-corrected chi connectivity index (χ1v) is 6.64. The number of carbonyl (C=O) groups is 1. The molecule has 0 aliphatic carbocycles. The van der Waals surface area contributed by atoms with Crippen LogP contribution in [-0.4, -0.2) is 17.7 Å². The van der Waals surface area contributed by atoms with Gasteiger partial charge in [0.15, 0.2) is 6.04 Å². The molecule has 0 aromatic heterocycles. The summed E-state index contributed by atoms with van der Waals surface area (Å²) >= 11 is 0. The molecular weight excluding hydrogens is 273 g/mol. The highest BCUT2D eigenvalue weighted by atomic mass is 19.1. The van der Waals surface area contributed by atoms with E-state index in [4.69, 9.17) is 4.74 Å². The number of nitrogens with one attached hydrogen (secondary N) is 1. The van der Waals surface area contributed by atoms with Crippen molar-refractivity contribution in [1.82, 2.24) is 0 Å². The number of anilines is 1. The maximum atomic E-state index is 13.7. The molecule has 1 heterocycles. The van der Waals surface area contributed by atoms with Gasteiger partial charge in [0.2, 0.25) is 0 Å². The first kappa shape index (κ1) is 13.4. The zero-order valence-electron chi connectivity index (χ0n) is 11.2. The largest absolute Gasteiger partial charge is 0.493 e. The number of carboxylic acid groups (broad SMARTS) is 1. The minimum absolute atomic E-state index is 0.168. The van der Waals surface area contributed by atoms with Crippen LogP contribution in [0.15, 0.2) is 42.5 Å². The van der Waals surface area contributed by atoms with E-state index in [-0.39, 0.29) is 5.69 Å². The number of para-hydroxylation sites is 1. The molecule has 3 rings (SSSR count). The van der Waals surface area contributed by atoms with Crippen LogP contribution in [0.1, 0.15) is 17.2 Å². The second kappa shape index (κ2) is 5.44. The van der Waals surface area contributed by atoms with Gasteiger partial charge in [-0.2, -0.15) is 0 Å². The van der Waals surface area contributed by atoms with Crippen LogP contribution in [0.3, 0.4) is 0 Å². The summed E-state index contributed by atoms with van der Waals surface area (Å²) < 4.78 is 19.1. The fraction of sp³-hybridized carbons (Fsp3) is 0.188. The Hall–Kier alpha value is -2.56. The quantitative estimate of drug-likeness (QED) is 0.907. The van der Waals surface area contributed by atoms with Gasteiger partial charge >= 0.3 is 5.97 Å². The second-order valence-electron chi connectivity index (χ2n) is 4.86. The summed E-state index contributed by atoms with van der Waals surface area (Å²) in [5.74, 6) is -0.751. The molecule has 0 fully saturated rings. The lowest BCUT2D eigenvalue weighted by Gasteiger charge is -2.17. The average molecular weight is 287 g/mol. The minimum Gasteiger partial charge on any atom is -0.493 e. The molecule has 2 aromatic rings. The Bertz CT molecular complexity index is 687. The van der Waals surface area contributed by atoms with Gasteiger partial charge in [-0.3, -0.25) is 0 Å². The van der Waals surface area contributed by atoms with E-state index in [9.17, 15) is 14.3 Å². The van der Waals surface area contributed by atoms with Gasteiger partial charge in [0.05, 0.1) is 12.3 Å². The van der Waals surface area contributed by atoms with E-state index in [1.807, 2.05) is 0 Å². The van der Waals surface area contributed by atoms with Gasteiger partial charge in [0.1, 0.15) is 11.6 Å². The zero-order valence-corrected chi connectivity index (χ0v) is 11.2. The van der Waals surface area contributed by atoms with E-state index in [0.717, 1.165) is 17.7 Å². The number of benzene rings is 2. The highest BCUT2D eigenvalue weighted by Crippen LogP contribution is 2.30. The SMILES string of the molecule is O=C(O)C(Nc1ccccc1F)c1ccc2c(c1)CCO2. The summed E-state index contributed by atoms with van der Waals surface area (Å²) in [5.41, 5.74) is 1.73. The number of hydrogen-bond acceptors (Lipinski definition) is 3. The van der Waals surface area contributed by atoms with E-state index < -0.39 is 17.8 Å². The predicted octanol–water partition coefficient (Wildman–Crippen LogP) is 3.00. The molecule has 0 radical (unpaired) electrons. The molecule has 2 N–H and O–H groups in total. The molecule has 21 heavy (non-hydrogen) atoms. The third-order valence-electron chi connectivity index (χ3n) is 3.47. The van der Waals surface area contributed by atoms with E-state index in [1.54, 1.807) is 30.3 Å². The van der Waals surface area contributed by atoms with Crippen molar-refractivity contribution >= 4 is 11.7 Å². The fourth-order valence-electron chi connectivity index (χ4n) is 2.41. The molecule has 0 saturated carbocycles. The van der Waals surface area contributed by atoms with Crippen molar-refractivity contribution in [2.24, 2.45) is 0 Å². The zero-order chi connectivity index (χ0) is 14.8. The maximum Gasteiger partial charge on any atom is 0.330 e. The van der Waals surface area contributed by atoms with Crippen molar-refractivity contribution in [1.29, 1.82) is 0 Å². The van der Waals surface area contributed by atoms with E-state index >= 15 is 0 Å². The Balaban J connectivity index is 1.92. The van der Waals surface area contributed by atoms with Gasteiger partial charge in [-0.15, -0.1) is 0 Å². The second-order valence-corrected chi connectivity index (χ2v) is 4.86. The van der Waals surface area contributed by atoms with Crippen LogP contribution in [0, 0.1) is 5.82 Å². The van der Waals surface area contributed by atoms with Crippen LogP contribution >= 0.6 is 0 Å². The normalized spacial score (nSPS) is 14.1. The molecule has 4 nitrogen and oxygen atoms in total. The van der Waals surface area contributed by atoms with Crippen molar-refractivity contribution in [2.75, 3.05) is 11.9 Å². The van der Waals surface area contributed by atoms with Gasteiger partial charge in [0.25, 0.3) is 0 Å². The molecule has 0 bridgehead atoms. The Morgan fingerprint density at radius 2 is 2.10 bits per heavy atom. The number of ether oxygens (including phenoxy) is 1. The lowest BCUT2D eigenvalue weighted by molar-refractivity contribution is -0.138. The molecule has 5 heteroatoms. The molecule has 0 saturated heterocycles. The van der Waals surface area contributed by atoms with Gasteiger partial charge in [0, 0.05) is 6.42 Å². The van der Waals surface area contributed by atoms with Gasteiger partial charge < -0.3 is 15.2 Å². The van der Waals surface area contributed by atoms with Crippen LogP contribution in [0.5, 0.6) is 5.75 Å². The Morgan fingerprint density at radius 1 is 1.29 bits per heavy atom. The number of fused-ring (bicyclic) bond motifs is 1. The maximum absolute atomic E-state index is 13.7. The molecule has 0 amide bonds. The number of aliphatic carboxylic acids is 1. The standard InChI is InChI=1S/C16H14FNO3/c17-12-3-1-2-4-13(12)18-15(16(19)20)11-5-6-14-10(9-11)7-8-21-14/h1-6,9,15,18H,7-8H2,(H,19,20). The molecule has 2 aromatic carbocycles. The Labute approximate surface area is 121 Å². The number of halogens is 1. The lowest BCUT2D eigenvalue weighted by atomic mass is 10.0. The van der Waals surface area contributed by atoms with E-state index in [2.05, 4.69) is 5.32 Å². The summed E-state index contributed by atoms with van der Waals surface area (Å²) in [5, 5.41) is 12.2. The Kier molecular flexibility index (Phi) is 3.48. The highest BCUT2D eigenvalue weighted by molar-refractivity contribution is 5.79. The third-order valence-corrected chi connectivity index (χ3v) is 3.47. The lowest BCUT2D eigenvalue weighted by Crippen LogP contribution is -2.21. The molecule has 1 atom stereocenters. The van der Waals surface area contributed by atoms with Crippen molar-refractivity contribution in [3.05, 3.63) is 59.4 Å². The van der Waals surface area contributed by atoms with Crippen LogP contribution in [0.25, 0.3) is 0 Å². The van der Waals surface area contributed by atoms with Crippen LogP contribution in [0.2, 0.25) is 0 Å². The van der Waals surface area contributed by atoms with E-state index in [1.165, 1.54) is 12.1 Å². The summed E-state index contributed by atoms with van der Waals surface area (Å²) in [6, 6.07) is 10.3. The predicted molar refractivity (Wildman–Crippen MR) is 76.0 cm³/mol. The summed E-state index contributed by atoms with van der Waals surface area (Å²) in [6.45, 7) is 0.608. The fourth-order valence-corrected chi connectivity index (χ4v) is 2.41. The van der Waals surface area contributed by atoms with Crippen molar-refractivity contribution in [3.63, 3.8) is 0 Å². The molecule has 1 unspecified atom stereocenters. The van der Waals surface area contributed by atoms with Gasteiger partial charge in [-0.1, -0.05) is 18.2 Å². The van der Waals surface area contributed by atoms with Crippen molar-refractivity contribution < 1.29 is 19.0 Å². The number of rotatable bonds is 4. The van der Waals surface area contributed by atoms with Crippen LogP contribution < -0.4 is 10.1 Å². The van der Waals surface area contributed by atoms with Crippen LogP contribution in [-0.2, 0) is 11.2 Å². The molecule has 1 aliphatic heterocycles. The van der Waals surface area contributed by atoms with Crippen molar-refractivity contribution in [3.8, 4) is 5.75 Å². The van der Waals surface area contributed by atoms with Crippen LogP contribution in [0.4, 0.5) is 10.1 Å². The van der Waals surface area contributed by atoms with Gasteiger partial charge in [-0.25, -0.2) is 9.18 Å². The summed E-state index contributed by atoms with van der Waals surface area (Å²) in [7, 11) is 0. The number of carboxylic acids is 1. The average Bonchev–Trinajstić information content (AvgIpc) is 2.93. The first-order chi connectivity index (χ1) is 10.1. The monoisotopic (exact) mass is 287 g/mol. The molecule has 108 valence electrons. The smallest absolute Gasteiger partial charge is 0.330 e. The number of hydrogen-bond donors (Lipinski definition) is 2. The first-order valence-electron chi connectivity index (χ1n) is 6.64. The molecular formula is C16H14FNO3. The van der Waals surface area contributed by atoms with E-state index in [0.29, 0.717) is 12.2 Å². The third kappa shape index (κ3) is 2.67. The van der Waals surface area contributed by atoms with Gasteiger partial charge in [-0.05, 0) is 35.4 Å². The molecule has 1 aliphatic rings. The Morgan fingerprint density at radius 3 is 2.86 bits per heavy atom. The van der Waals surface area contributed by atoms with Crippen molar-refractivity contribution in [2.45, 2.75) is 12.5 Å². The molecule has 0 spiro atoms. The summed E-state index contributed by atoms with van der Waals surface area (Å²) in [4.78, 5) is 11.5. The highest BCUT2D eigenvalue weighted by Gasteiger charge is 2.23.